The molecule has 1 amide bonds. The van der Waals surface area contributed by atoms with Gasteiger partial charge in [0.25, 0.3) is 0 Å². The highest BCUT2D eigenvalue weighted by Crippen LogP contribution is 2.41. The van der Waals surface area contributed by atoms with Crippen molar-refractivity contribution in [3.05, 3.63) is 0 Å². The Kier molecular flexibility index (Phi) is 5.21. The lowest BCUT2D eigenvalue weighted by molar-refractivity contribution is -0.127. The maximum absolute atomic E-state index is 12.4. The number of hydrogen-bond donors (Lipinski definition) is 2. The first-order valence-corrected chi connectivity index (χ1v) is 10.2. The molecule has 1 aliphatic heterocycles. The van der Waals surface area contributed by atoms with Crippen LogP contribution < -0.4 is 11.1 Å². The Morgan fingerprint density at radius 1 is 1.20 bits per heavy atom. The number of nitrogens with one attached hydrogen (secondary N) is 1. The number of fused-ring (bicyclic) bond motifs is 2. The van der Waals surface area contributed by atoms with Crippen molar-refractivity contribution in [2.75, 3.05) is 23.8 Å². The molecule has 1 heterocycles. The van der Waals surface area contributed by atoms with Crippen molar-refractivity contribution < 1.29 is 4.79 Å². The quantitative estimate of drug-likeness (QED) is 0.838. The zero-order chi connectivity index (χ0) is 13.9. The molecule has 3 unspecified atom stereocenters. The topological polar surface area (TPSA) is 55.1 Å². The molecule has 3 atom stereocenters. The fourth-order valence-electron chi connectivity index (χ4n) is 4.02. The normalized spacial score (nSPS) is 41.1. The van der Waals surface area contributed by atoms with Crippen LogP contribution in [-0.4, -0.2) is 41.0 Å². The van der Waals surface area contributed by atoms with Gasteiger partial charge in [-0.2, -0.15) is 23.5 Å². The van der Waals surface area contributed by atoms with Gasteiger partial charge in [0, 0.05) is 41.0 Å². The molecule has 3 aliphatic rings. The van der Waals surface area contributed by atoms with E-state index in [0.717, 1.165) is 19.4 Å². The smallest absolute Gasteiger partial charge is 0.223 e. The molecule has 0 spiro atoms. The predicted octanol–water partition coefficient (Wildman–Crippen LogP) is 2.10. The van der Waals surface area contributed by atoms with Crippen LogP contribution in [-0.2, 0) is 4.79 Å². The van der Waals surface area contributed by atoms with E-state index in [-0.39, 0.29) is 5.92 Å². The molecule has 2 saturated carbocycles. The van der Waals surface area contributed by atoms with E-state index >= 15 is 0 Å². The van der Waals surface area contributed by atoms with E-state index in [1.165, 1.54) is 36.5 Å². The molecule has 2 aliphatic carbocycles. The summed E-state index contributed by atoms with van der Waals surface area (Å²) in [5.41, 5.74) is 6.30. The van der Waals surface area contributed by atoms with Gasteiger partial charge in [-0.3, -0.25) is 4.79 Å². The molecule has 5 heteroatoms. The van der Waals surface area contributed by atoms with Crippen LogP contribution in [0.15, 0.2) is 0 Å². The first-order valence-electron chi connectivity index (χ1n) is 7.96. The van der Waals surface area contributed by atoms with Crippen LogP contribution in [0.1, 0.15) is 32.1 Å². The zero-order valence-electron chi connectivity index (χ0n) is 12.1. The van der Waals surface area contributed by atoms with Crippen LogP contribution in [0.2, 0.25) is 0 Å². The largest absolute Gasteiger partial charge is 0.355 e. The molecule has 3 rings (SSSR count). The average molecular weight is 315 g/mol. The van der Waals surface area contributed by atoms with Gasteiger partial charge in [-0.1, -0.05) is 6.42 Å². The third-order valence-corrected chi connectivity index (χ3v) is 8.02. The molecule has 2 bridgehead atoms. The second-order valence-corrected chi connectivity index (χ2v) is 9.07. The number of carbonyl (C=O) groups is 1. The molecule has 3 nitrogen and oxygen atoms in total. The Morgan fingerprint density at radius 3 is 2.60 bits per heavy atom. The van der Waals surface area contributed by atoms with Crippen molar-refractivity contribution in [2.45, 2.75) is 43.4 Å². The molecule has 0 radical (unpaired) electrons. The van der Waals surface area contributed by atoms with Gasteiger partial charge in [-0.15, -0.1) is 0 Å². The highest BCUT2D eigenvalue weighted by atomic mass is 32.2. The Morgan fingerprint density at radius 2 is 1.95 bits per heavy atom. The number of thioether (sulfide) groups is 2. The van der Waals surface area contributed by atoms with Crippen LogP contribution in [0.4, 0.5) is 0 Å². The molecule has 0 aromatic heterocycles. The second kappa shape index (κ2) is 6.93. The lowest BCUT2D eigenvalue weighted by Crippen LogP contribution is -2.49. The molecular formula is C15H26N2OS2. The van der Waals surface area contributed by atoms with Gasteiger partial charge in [0.2, 0.25) is 5.91 Å². The second-order valence-electron chi connectivity index (χ2n) is 6.51. The maximum atomic E-state index is 12.4. The van der Waals surface area contributed by atoms with E-state index in [2.05, 4.69) is 5.32 Å². The molecule has 114 valence electrons. The van der Waals surface area contributed by atoms with Crippen molar-refractivity contribution in [3.63, 3.8) is 0 Å². The molecule has 3 N–H and O–H groups in total. The van der Waals surface area contributed by atoms with Crippen molar-refractivity contribution in [1.29, 1.82) is 0 Å². The summed E-state index contributed by atoms with van der Waals surface area (Å²) in [5, 5.41) is 3.83. The SMILES string of the molecule is NC1C2CCCC1CC(C(=O)NCC1CSCCS1)C2. The van der Waals surface area contributed by atoms with E-state index in [1.807, 2.05) is 23.5 Å². The Hall–Kier alpha value is 0.130. The zero-order valence-corrected chi connectivity index (χ0v) is 13.7. The van der Waals surface area contributed by atoms with Gasteiger partial charge >= 0.3 is 0 Å². The minimum Gasteiger partial charge on any atom is -0.355 e. The molecular weight excluding hydrogens is 288 g/mol. The summed E-state index contributed by atoms with van der Waals surface area (Å²) >= 11 is 4.03. The summed E-state index contributed by atoms with van der Waals surface area (Å²) in [4.78, 5) is 12.4. The first-order chi connectivity index (χ1) is 9.74. The van der Waals surface area contributed by atoms with Crippen molar-refractivity contribution in [1.82, 2.24) is 5.32 Å². The van der Waals surface area contributed by atoms with Gasteiger partial charge < -0.3 is 11.1 Å². The summed E-state index contributed by atoms with van der Waals surface area (Å²) in [5.74, 6) is 5.39. The Labute approximate surface area is 130 Å². The van der Waals surface area contributed by atoms with Crippen molar-refractivity contribution >= 4 is 29.4 Å². The van der Waals surface area contributed by atoms with Crippen molar-refractivity contribution in [2.24, 2.45) is 23.5 Å². The van der Waals surface area contributed by atoms with Crippen LogP contribution in [0.5, 0.6) is 0 Å². The predicted molar refractivity (Wildman–Crippen MR) is 88.1 cm³/mol. The third kappa shape index (κ3) is 3.47. The molecule has 20 heavy (non-hydrogen) atoms. The number of amides is 1. The van der Waals surface area contributed by atoms with Gasteiger partial charge in [-0.25, -0.2) is 0 Å². The van der Waals surface area contributed by atoms with Gasteiger partial charge in [-0.05, 0) is 37.5 Å². The number of rotatable bonds is 3. The molecule has 1 saturated heterocycles. The van der Waals surface area contributed by atoms with E-state index in [9.17, 15) is 4.79 Å². The highest BCUT2D eigenvalue weighted by molar-refractivity contribution is 8.06. The van der Waals surface area contributed by atoms with Crippen LogP contribution in [0, 0.1) is 17.8 Å². The maximum Gasteiger partial charge on any atom is 0.223 e. The molecule has 0 aromatic rings. The van der Waals surface area contributed by atoms with E-state index < -0.39 is 0 Å². The summed E-state index contributed by atoms with van der Waals surface area (Å²) in [6.07, 6.45) is 5.83. The fourth-order valence-corrected chi connectivity index (χ4v) is 6.63. The third-order valence-electron chi connectivity index (χ3n) is 5.17. The summed E-state index contributed by atoms with van der Waals surface area (Å²) in [6, 6.07) is 0.359. The lowest BCUT2D eigenvalue weighted by atomic mass is 9.65. The first kappa shape index (κ1) is 15.0. The van der Waals surface area contributed by atoms with Crippen LogP contribution in [0.3, 0.4) is 0 Å². The monoisotopic (exact) mass is 314 g/mol. The van der Waals surface area contributed by atoms with Crippen LogP contribution in [0.25, 0.3) is 0 Å². The Bertz CT molecular complexity index is 333. The van der Waals surface area contributed by atoms with E-state index in [4.69, 9.17) is 5.73 Å². The summed E-state index contributed by atoms with van der Waals surface area (Å²) in [6.45, 7) is 0.856. The number of carbonyl (C=O) groups excluding carboxylic acids is 1. The lowest BCUT2D eigenvalue weighted by Gasteiger charge is -2.43. The highest BCUT2D eigenvalue weighted by Gasteiger charge is 2.40. The van der Waals surface area contributed by atoms with Crippen LogP contribution >= 0.6 is 23.5 Å². The van der Waals surface area contributed by atoms with E-state index in [1.54, 1.807) is 0 Å². The average Bonchev–Trinajstić information content (AvgIpc) is 2.45. The van der Waals surface area contributed by atoms with Crippen molar-refractivity contribution in [3.8, 4) is 0 Å². The fraction of sp³-hybridized carbons (Fsp3) is 0.933. The number of nitrogens with two attached hydrogens (primary N) is 1. The van der Waals surface area contributed by atoms with Gasteiger partial charge in [0.15, 0.2) is 0 Å². The minimum atomic E-state index is 0.228. The van der Waals surface area contributed by atoms with Gasteiger partial charge in [0.05, 0.1) is 0 Å². The molecule has 3 fully saturated rings. The Balaban J connectivity index is 1.47. The summed E-state index contributed by atoms with van der Waals surface area (Å²) in [7, 11) is 0. The minimum absolute atomic E-state index is 0.228. The van der Waals surface area contributed by atoms with Gasteiger partial charge in [0.1, 0.15) is 0 Å². The number of hydrogen-bond acceptors (Lipinski definition) is 4. The molecule has 0 aromatic carbocycles. The summed E-state index contributed by atoms with van der Waals surface area (Å²) < 4.78 is 0. The van der Waals surface area contributed by atoms with E-state index in [0.29, 0.717) is 29.0 Å². The standard InChI is InChI=1S/C15H26N2OS2/c16-14-10-2-1-3-11(14)7-12(6-10)15(18)17-8-13-9-19-4-5-20-13/h10-14H,1-9,16H2,(H,17,18).